The van der Waals surface area contributed by atoms with Crippen LogP contribution in [0.4, 0.5) is 0 Å². The number of carbonyl (C=O) groups excluding carboxylic acids is 2. The van der Waals surface area contributed by atoms with Crippen molar-refractivity contribution in [3.8, 4) is 11.5 Å². The summed E-state index contributed by atoms with van der Waals surface area (Å²) >= 11 is 0. The fourth-order valence-electron chi connectivity index (χ4n) is 3.80. The van der Waals surface area contributed by atoms with Gasteiger partial charge in [0.1, 0.15) is 17.3 Å². The van der Waals surface area contributed by atoms with Crippen molar-refractivity contribution >= 4 is 17.4 Å². The first kappa shape index (κ1) is 22.4. The highest BCUT2D eigenvalue weighted by molar-refractivity contribution is 6.46. The van der Waals surface area contributed by atoms with Crippen molar-refractivity contribution in [2.24, 2.45) is 0 Å². The van der Waals surface area contributed by atoms with E-state index in [2.05, 4.69) is 6.92 Å². The van der Waals surface area contributed by atoms with Gasteiger partial charge >= 0.3 is 0 Å². The molecular weight excluding hydrogens is 394 g/mol. The van der Waals surface area contributed by atoms with Crippen LogP contribution in [0.25, 0.3) is 5.76 Å². The number of carbonyl (C=O) groups is 2. The summed E-state index contributed by atoms with van der Waals surface area (Å²) in [5.41, 5.74) is 1.04. The van der Waals surface area contributed by atoms with Crippen LogP contribution < -0.4 is 4.74 Å². The van der Waals surface area contributed by atoms with Crippen LogP contribution in [0.2, 0.25) is 0 Å². The third-order valence-corrected chi connectivity index (χ3v) is 5.23. The molecule has 164 valence electrons. The highest BCUT2D eigenvalue weighted by Gasteiger charge is 2.45. The van der Waals surface area contributed by atoms with E-state index in [0.717, 1.165) is 19.3 Å². The molecule has 0 spiro atoms. The van der Waals surface area contributed by atoms with Crippen LogP contribution in [0.15, 0.2) is 54.1 Å². The van der Waals surface area contributed by atoms with E-state index in [4.69, 9.17) is 4.74 Å². The number of phenolic OH excluding ortho intramolecular Hbond substituents is 1. The van der Waals surface area contributed by atoms with Gasteiger partial charge in [0.25, 0.3) is 11.7 Å². The summed E-state index contributed by atoms with van der Waals surface area (Å²) in [5.74, 6) is -0.903. The second kappa shape index (κ2) is 9.69. The van der Waals surface area contributed by atoms with Gasteiger partial charge in [-0.15, -0.1) is 0 Å². The number of ketones is 1. The third-order valence-electron chi connectivity index (χ3n) is 5.23. The molecule has 6 heteroatoms. The third kappa shape index (κ3) is 4.90. The molecular formula is C25H29NO5. The Kier molecular flexibility index (Phi) is 7.00. The Hall–Kier alpha value is -3.28. The van der Waals surface area contributed by atoms with Gasteiger partial charge in [0.2, 0.25) is 0 Å². The molecule has 6 nitrogen and oxygen atoms in total. The number of nitrogens with zero attached hydrogens (tertiary/aromatic N) is 1. The Morgan fingerprint density at radius 1 is 1.10 bits per heavy atom. The molecule has 0 bridgehead atoms. The number of hydrogen-bond donors (Lipinski definition) is 2. The number of phenols is 1. The number of rotatable bonds is 8. The number of hydrogen-bond acceptors (Lipinski definition) is 5. The summed E-state index contributed by atoms with van der Waals surface area (Å²) < 4.78 is 5.63. The van der Waals surface area contributed by atoms with Gasteiger partial charge < -0.3 is 19.8 Å². The molecule has 1 heterocycles. The van der Waals surface area contributed by atoms with E-state index >= 15 is 0 Å². The second-order valence-corrected chi connectivity index (χ2v) is 7.99. The maximum Gasteiger partial charge on any atom is 0.295 e. The van der Waals surface area contributed by atoms with Gasteiger partial charge in [0, 0.05) is 12.1 Å². The molecule has 0 aromatic heterocycles. The van der Waals surface area contributed by atoms with Crippen molar-refractivity contribution in [2.75, 3.05) is 6.54 Å². The zero-order valence-corrected chi connectivity index (χ0v) is 18.2. The lowest BCUT2D eigenvalue weighted by Crippen LogP contribution is -2.30. The van der Waals surface area contributed by atoms with Crippen molar-refractivity contribution in [3.63, 3.8) is 0 Å². The number of aliphatic hydroxyl groups excluding tert-OH is 1. The highest BCUT2D eigenvalue weighted by atomic mass is 16.5. The number of Topliss-reactive ketones (excluding diaryl/α,β-unsaturated/α-hetero) is 1. The lowest BCUT2D eigenvalue weighted by Gasteiger charge is -2.25. The minimum atomic E-state index is -0.754. The summed E-state index contributed by atoms with van der Waals surface area (Å²) in [4.78, 5) is 27.3. The minimum absolute atomic E-state index is 0.0126. The molecule has 0 radical (unpaired) electrons. The number of aliphatic hydroxyl groups is 1. The Bertz CT molecular complexity index is 978. The molecule has 2 aromatic rings. The van der Waals surface area contributed by atoms with Crippen LogP contribution >= 0.6 is 0 Å². The normalized spacial score (nSPS) is 18.1. The Balaban J connectivity index is 2.06. The maximum absolute atomic E-state index is 12.9. The average molecular weight is 424 g/mol. The molecule has 2 aromatic carbocycles. The first-order chi connectivity index (χ1) is 14.8. The topological polar surface area (TPSA) is 87.1 Å². The van der Waals surface area contributed by atoms with Gasteiger partial charge in [0.15, 0.2) is 0 Å². The molecule has 31 heavy (non-hydrogen) atoms. The van der Waals surface area contributed by atoms with Crippen molar-refractivity contribution in [1.82, 2.24) is 4.90 Å². The summed E-state index contributed by atoms with van der Waals surface area (Å²) in [5, 5.41) is 21.0. The molecule has 1 aliphatic heterocycles. The molecule has 1 amide bonds. The number of aromatic hydroxyl groups is 1. The van der Waals surface area contributed by atoms with E-state index in [1.54, 1.807) is 36.4 Å². The van der Waals surface area contributed by atoms with Gasteiger partial charge in [-0.3, -0.25) is 9.59 Å². The molecule has 1 fully saturated rings. The van der Waals surface area contributed by atoms with Crippen LogP contribution in [0.3, 0.4) is 0 Å². The van der Waals surface area contributed by atoms with Crippen LogP contribution in [0, 0.1) is 0 Å². The molecule has 2 N–H and O–H groups in total. The molecule has 1 aliphatic rings. The summed E-state index contributed by atoms with van der Waals surface area (Å²) in [6, 6.07) is 12.5. The summed E-state index contributed by atoms with van der Waals surface area (Å²) in [7, 11) is 0. The minimum Gasteiger partial charge on any atom is -0.508 e. The van der Waals surface area contributed by atoms with E-state index in [0.29, 0.717) is 23.4 Å². The van der Waals surface area contributed by atoms with E-state index in [-0.39, 0.29) is 23.2 Å². The first-order valence-electron chi connectivity index (χ1n) is 10.7. The van der Waals surface area contributed by atoms with Gasteiger partial charge in [-0.2, -0.15) is 0 Å². The van der Waals surface area contributed by atoms with E-state index < -0.39 is 17.7 Å². The predicted octanol–water partition coefficient (Wildman–Crippen LogP) is 4.79. The SMILES string of the molecule is CCCCCN1C(=O)C(=O)/C(=C(\O)c2ccc(OC(C)C)cc2)C1c1cccc(O)c1. The number of benzene rings is 2. The Labute approximate surface area is 182 Å². The first-order valence-corrected chi connectivity index (χ1v) is 10.7. The second-order valence-electron chi connectivity index (χ2n) is 7.99. The number of amides is 1. The van der Waals surface area contributed by atoms with Gasteiger partial charge in [-0.25, -0.2) is 0 Å². The fourth-order valence-corrected chi connectivity index (χ4v) is 3.80. The predicted molar refractivity (Wildman–Crippen MR) is 119 cm³/mol. The monoisotopic (exact) mass is 423 g/mol. The van der Waals surface area contributed by atoms with Gasteiger partial charge in [-0.1, -0.05) is 31.9 Å². The molecule has 3 rings (SSSR count). The standard InChI is InChI=1S/C25H29NO5/c1-4-5-6-14-26-22(18-8-7-9-19(27)15-18)21(24(29)25(26)30)23(28)17-10-12-20(13-11-17)31-16(2)3/h7-13,15-16,22,27-28H,4-6,14H2,1-3H3/b23-21-. The van der Waals surface area contributed by atoms with Crippen molar-refractivity contribution < 1.29 is 24.5 Å². The Morgan fingerprint density at radius 3 is 2.42 bits per heavy atom. The van der Waals surface area contributed by atoms with Crippen LogP contribution in [0.1, 0.15) is 57.2 Å². The van der Waals surface area contributed by atoms with Gasteiger partial charge in [0.05, 0.1) is 17.7 Å². The fraction of sp³-hybridized carbons (Fsp3) is 0.360. The summed E-state index contributed by atoms with van der Waals surface area (Å²) in [6.07, 6.45) is 2.66. The summed E-state index contributed by atoms with van der Waals surface area (Å²) in [6.45, 7) is 6.30. The van der Waals surface area contributed by atoms with Crippen LogP contribution in [0.5, 0.6) is 11.5 Å². The number of likely N-dealkylation sites (tertiary alicyclic amines) is 1. The molecule has 0 aliphatic carbocycles. The highest BCUT2D eigenvalue weighted by Crippen LogP contribution is 2.40. The van der Waals surface area contributed by atoms with Crippen molar-refractivity contribution in [1.29, 1.82) is 0 Å². The van der Waals surface area contributed by atoms with Crippen molar-refractivity contribution in [3.05, 3.63) is 65.2 Å². The smallest absolute Gasteiger partial charge is 0.295 e. The van der Waals surface area contributed by atoms with Crippen LogP contribution in [-0.4, -0.2) is 39.5 Å². The molecule has 1 saturated heterocycles. The van der Waals surface area contributed by atoms with E-state index in [1.165, 1.54) is 17.0 Å². The lowest BCUT2D eigenvalue weighted by molar-refractivity contribution is -0.139. The van der Waals surface area contributed by atoms with Gasteiger partial charge in [-0.05, 0) is 62.2 Å². The van der Waals surface area contributed by atoms with Crippen LogP contribution in [-0.2, 0) is 9.59 Å². The lowest BCUT2D eigenvalue weighted by atomic mass is 9.95. The maximum atomic E-state index is 12.9. The number of ether oxygens (including phenoxy) is 1. The zero-order valence-electron chi connectivity index (χ0n) is 18.2. The van der Waals surface area contributed by atoms with E-state index in [1.807, 2.05) is 13.8 Å². The molecule has 0 saturated carbocycles. The van der Waals surface area contributed by atoms with E-state index in [9.17, 15) is 19.8 Å². The quantitative estimate of drug-likeness (QED) is 0.276. The molecule has 1 atom stereocenters. The number of unbranched alkanes of at least 4 members (excludes halogenated alkanes) is 2. The zero-order chi connectivity index (χ0) is 22.5. The largest absolute Gasteiger partial charge is 0.508 e. The molecule has 1 unspecified atom stereocenters. The average Bonchev–Trinajstić information content (AvgIpc) is 2.98. The Morgan fingerprint density at radius 2 is 1.81 bits per heavy atom. The van der Waals surface area contributed by atoms with Crippen molar-refractivity contribution in [2.45, 2.75) is 52.2 Å².